The summed E-state index contributed by atoms with van der Waals surface area (Å²) in [5.41, 5.74) is 5.41. The molecule has 0 spiro atoms. The highest BCUT2D eigenvalue weighted by Gasteiger charge is 2.19. The maximum atomic E-state index is 10.4. The first-order valence-electron chi connectivity index (χ1n) is 3.75. The topological polar surface area (TPSA) is 107 Å². The molecule has 78 valence electrons. The van der Waals surface area contributed by atoms with Gasteiger partial charge in [0, 0.05) is 0 Å². The number of rotatable bonds is 4. The van der Waals surface area contributed by atoms with Crippen molar-refractivity contribution in [3.05, 3.63) is 16.4 Å². The number of imidazole rings is 1. The van der Waals surface area contributed by atoms with E-state index >= 15 is 0 Å². The van der Waals surface area contributed by atoms with Gasteiger partial charge in [-0.2, -0.15) is 0 Å². The van der Waals surface area contributed by atoms with Crippen LogP contribution in [0.15, 0.2) is 6.33 Å². The summed E-state index contributed by atoms with van der Waals surface area (Å²) in [5.74, 6) is -0.461. The lowest BCUT2D eigenvalue weighted by atomic mass is 10.4. The van der Waals surface area contributed by atoms with E-state index in [4.69, 9.17) is 17.3 Å². The molecule has 0 bridgehead atoms. The molecule has 0 fully saturated rings. The molecule has 0 aliphatic heterocycles. The van der Waals surface area contributed by atoms with Crippen molar-refractivity contribution >= 4 is 23.2 Å². The number of hydrogen-bond acceptors (Lipinski definition) is 5. The van der Waals surface area contributed by atoms with Gasteiger partial charge in [0.05, 0.1) is 18.5 Å². The highest BCUT2D eigenvalue weighted by Crippen LogP contribution is 2.18. The first-order chi connectivity index (χ1) is 6.56. The van der Waals surface area contributed by atoms with Crippen molar-refractivity contribution in [3.8, 4) is 0 Å². The Labute approximate surface area is 84.3 Å². The molecule has 0 aromatic carbocycles. The Bertz CT molecular complexity index is 340. The molecule has 8 heteroatoms. The number of nitrogen functional groups attached to an aromatic ring is 1. The lowest BCUT2D eigenvalue weighted by Gasteiger charge is -2.06. The second-order valence-corrected chi connectivity index (χ2v) is 2.98. The van der Waals surface area contributed by atoms with Gasteiger partial charge in [-0.3, -0.25) is 4.57 Å². The lowest BCUT2D eigenvalue weighted by Crippen LogP contribution is -2.18. The Morgan fingerprint density at radius 2 is 2.50 bits per heavy atom. The molecule has 1 rings (SSSR count). The second kappa shape index (κ2) is 4.25. The Hall–Kier alpha value is -1.34. The third-order valence-corrected chi connectivity index (χ3v) is 1.97. The molecule has 14 heavy (non-hydrogen) atoms. The lowest BCUT2D eigenvalue weighted by molar-refractivity contribution is -0.388. The van der Waals surface area contributed by atoms with Gasteiger partial charge in [-0.25, -0.2) is 0 Å². The predicted molar refractivity (Wildman–Crippen MR) is 50.0 cm³/mol. The zero-order valence-electron chi connectivity index (χ0n) is 7.13. The third kappa shape index (κ3) is 2.12. The van der Waals surface area contributed by atoms with Gasteiger partial charge in [-0.1, -0.05) is 0 Å². The quantitative estimate of drug-likeness (QED) is 0.421. The number of aliphatic hydroxyl groups is 1. The first-order valence-corrected chi connectivity index (χ1v) is 4.28. The van der Waals surface area contributed by atoms with Crippen molar-refractivity contribution in [2.45, 2.75) is 12.6 Å². The number of hydrogen-bond donors (Lipinski definition) is 2. The van der Waals surface area contributed by atoms with Crippen LogP contribution >= 0.6 is 11.6 Å². The van der Waals surface area contributed by atoms with E-state index in [9.17, 15) is 15.2 Å². The minimum Gasteiger partial charge on any atom is -0.390 e. The number of halogens is 1. The van der Waals surface area contributed by atoms with Gasteiger partial charge in [-0.05, 0) is 9.91 Å². The van der Waals surface area contributed by atoms with Crippen LogP contribution in [0.25, 0.3) is 0 Å². The summed E-state index contributed by atoms with van der Waals surface area (Å²) >= 11 is 5.37. The van der Waals surface area contributed by atoms with Crippen molar-refractivity contribution in [2.24, 2.45) is 0 Å². The van der Waals surface area contributed by atoms with Crippen LogP contribution in [0.2, 0.25) is 0 Å². The van der Waals surface area contributed by atoms with E-state index in [-0.39, 0.29) is 18.2 Å². The molecule has 0 saturated carbocycles. The average molecular weight is 221 g/mol. The first kappa shape index (κ1) is 10.7. The molecule has 0 radical (unpaired) electrons. The highest BCUT2D eigenvalue weighted by molar-refractivity contribution is 6.18. The van der Waals surface area contributed by atoms with E-state index in [0.29, 0.717) is 0 Å². The SMILES string of the molecule is Nc1c([N+](=O)[O-])ncn1CC(O)CCl. The summed E-state index contributed by atoms with van der Waals surface area (Å²) < 4.78 is 1.28. The van der Waals surface area contributed by atoms with E-state index in [0.717, 1.165) is 0 Å². The van der Waals surface area contributed by atoms with Crippen LogP contribution in [0.1, 0.15) is 0 Å². The maximum Gasteiger partial charge on any atom is 0.406 e. The van der Waals surface area contributed by atoms with Crippen molar-refractivity contribution in [3.63, 3.8) is 0 Å². The number of aliphatic hydroxyl groups excluding tert-OH is 1. The van der Waals surface area contributed by atoms with E-state index < -0.39 is 16.8 Å². The molecule has 1 atom stereocenters. The molecule has 3 N–H and O–H groups in total. The molecule has 0 aliphatic carbocycles. The molecule has 1 aromatic heterocycles. The average Bonchev–Trinajstić information content (AvgIpc) is 2.48. The molecule has 1 aromatic rings. The van der Waals surface area contributed by atoms with Crippen LogP contribution in [0.4, 0.5) is 11.6 Å². The molecular weight excluding hydrogens is 212 g/mol. The Balaban J connectivity index is 2.84. The number of anilines is 1. The monoisotopic (exact) mass is 220 g/mol. The van der Waals surface area contributed by atoms with Gasteiger partial charge < -0.3 is 21.0 Å². The van der Waals surface area contributed by atoms with E-state index in [2.05, 4.69) is 4.98 Å². The maximum absolute atomic E-state index is 10.4. The van der Waals surface area contributed by atoms with Crippen LogP contribution in [0, 0.1) is 10.1 Å². The van der Waals surface area contributed by atoms with Gasteiger partial charge in [0.2, 0.25) is 12.1 Å². The van der Waals surface area contributed by atoms with Crippen LogP contribution in [-0.2, 0) is 6.54 Å². The van der Waals surface area contributed by atoms with Crippen molar-refractivity contribution in [2.75, 3.05) is 11.6 Å². The number of nitrogens with zero attached hydrogens (tertiary/aromatic N) is 3. The zero-order chi connectivity index (χ0) is 10.7. The van der Waals surface area contributed by atoms with Gasteiger partial charge in [-0.15, -0.1) is 11.6 Å². The molecule has 0 saturated heterocycles. The minimum atomic E-state index is -0.798. The molecular formula is C6H9ClN4O3. The Morgan fingerprint density at radius 1 is 1.86 bits per heavy atom. The summed E-state index contributed by atoms with van der Waals surface area (Å²) in [4.78, 5) is 13.2. The van der Waals surface area contributed by atoms with Crippen LogP contribution in [0.3, 0.4) is 0 Å². The molecule has 0 aliphatic rings. The van der Waals surface area contributed by atoms with Gasteiger partial charge >= 0.3 is 5.82 Å². The summed E-state index contributed by atoms with van der Waals surface area (Å²) in [6, 6.07) is 0. The largest absolute Gasteiger partial charge is 0.406 e. The summed E-state index contributed by atoms with van der Waals surface area (Å²) in [7, 11) is 0. The van der Waals surface area contributed by atoms with Crippen LogP contribution in [-0.4, -0.2) is 31.6 Å². The summed E-state index contributed by atoms with van der Waals surface area (Å²) in [5, 5.41) is 19.5. The predicted octanol–water partition coefficient (Wildman–Crippen LogP) is -0.0268. The Kier molecular flexibility index (Phi) is 3.26. The number of alkyl halides is 1. The van der Waals surface area contributed by atoms with Gasteiger partial charge in [0.1, 0.15) is 0 Å². The third-order valence-electron chi connectivity index (χ3n) is 1.62. The smallest absolute Gasteiger partial charge is 0.390 e. The van der Waals surface area contributed by atoms with Gasteiger partial charge in [0.25, 0.3) is 0 Å². The second-order valence-electron chi connectivity index (χ2n) is 2.67. The minimum absolute atomic E-state index is 0.0332. The molecule has 1 unspecified atom stereocenters. The van der Waals surface area contributed by atoms with Crippen molar-refractivity contribution < 1.29 is 10.0 Å². The standard InChI is InChI=1S/C6H9ClN4O3/c7-1-4(12)2-10-3-9-6(5(10)8)11(13)14/h3-4,12H,1-2,8H2. The fourth-order valence-electron chi connectivity index (χ4n) is 0.943. The van der Waals surface area contributed by atoms with Crippen molar-refractivity contribution in [1.29, 1.82) is 0 Å². The number of nitrogens with two attached hydrogens (primary N) is 1. The number of aromatic nitrogens is 2. The normalized spacial score (nSPS) is 12.7. The number of nitro groups is 1. The van der Waals surface area contributed by atoms with E-state index in [1.54, 1.807) is 0 Å². The zero-order valence-corrected chi connectivity index (χ0v) is 7.89. The van der Waals surface area contributed by atoms with Crippen LogP contribution in [0.5, 0.6) is 0 Å². The van der Waals surface area contributed by atoms with Crippen molar-refractivity contribution in [1.82, 2.24) is 9.55 Å². The van der Waals surface area contributed by atoms with Gasteiger partial charge in [0.15, 0.2) is 0 Å². The Morgan fingerprint density at radius 3 is 2.93 bits per heavy atom. The summed E-state index contributed by atoms with van der Waals surface area (Å²) in [6.45, 7) is 0.0934. The highest BCUT2D eigenvalue weighted by atomic mass is 35.5. The van der Waals surface area contributed by atoms with E-state index in [1.807, 2.05) is 0 Å². The fraction of sp³-hybridized carbons (Fsp3) is 0.500. The molecule has 0 amide bonds. The molecule has 1 heterocycles. The van der Waals surface area contributed by atoms with E-state index in [1.165, 1.54) is 10.9 Å². The summed E-state index contributed by atoms with van der Waals surface area (Å²) in [6.07, 6.45) is 0.399. The van der Waals surface area contributed by atoms with Crippen LogP contribution < -0.4 is 5.73 Å². The fourth-order valence-corrected chi connectivity index (χ4v) is 1.04. The molecule has 7 nitrogen and oxygen atoms in total.